The van der Waals surface area contributed by atoms with Crippen molar-refractivity contribution in [3.8, 4) is 5.75 Å². The molecule has 2 heterocycles. The zero-order valence-electron chi connectivity index (χ0n) is 12.6. The average molecular weight is 309 g/mol. The number of imide groups is 1. The van der Waals surface area contributed by atoms with Gasteiger partial charge in [0.25, 0.3) is 0 Å². The van der Waals surface area contributed by atoms with Crippen molar-refractivity contribution < 1.29 is 18.7 Å². The number of rotatable bonds is 2. The van der Waals surface area contributed by atoms with Crippen LogP contribution in [0, 0.1) is 0 Å². The molecule has 5 nitrogen and oxygen atoms in total. The number of hydrogen-bond donors (Lipinski definition) is 1. The molecule has 0 unspecified atom stereocenters. The zero-order chi connectivity index (χ0) is 16.0. The Morgan fingerprint density at radius 1 is 1.22 bits per heavy atom. The van der Waals surface area contributed by atoms with Gasteiger partial charge in [0.05, 0.1) is 19.3 Å². The van der Waals surface area contributed by atoms with Gasteiger partial charge in [-0.2, -0.15) is 0 Å². The highest BCUT2D eigenvalue weighted by Gasteiger charge is 2.30. The number of ether oxygens (including phenoxy) is 1. The first-order valence-corrected chi connectivity index (χ1v) is 7.49. The van der Waals surface area contributed by atoms with Gasteiger partial charge in [-0.15, -0.1) is 0 Å². The van der Waals surface area contributed by atoms with E-state index in [0.29, 0.717) is 12.8 Å². The molecule has 0 radical (unpaired) electrons. The summed E-state index contributed by atoms with van der Waals surface area (Å²) >= 11 is 0. The largest absolute Gasteiger partial charge is 0.497 e. The molecular formula is C18H15NO4. The van der Waals surface area contributed by atoms with Crippen molar-refractivity contribution >= 4 is 33.6 Å². The molecule has 1 aliphatic rings. The summed E-state index contributed by atoms with van der Waals surface area (Å²) in [7, 11) is 1.63. The van der Waals surface area contributed by atoms with E-state index < -0.39 is 0 Å². The summed E-state index contributed by atoms with van der Waals surface area (Å²) in [5.41, 5.74) is 1.57. The molecule has 5 heteroatoms. The average Bonchev–Trinajstić information content (AvgIpc) is 2.98. The van der Waals surface area contributed by atoms with E-state index in [9.17, 15) is 9.59 Å². The van der Waals surface area contributed by atoms with Gasteiger partial charge in [0.2, 0.25) is 11.8 Å². The fourth-order valence-corrected chi connectivity index (χ4v) is 3.24. The van der Waals surface area contributed by atoms with Gasteiger partial charge in [-0.3, -0.25) is 14.9 Å². The lowest BCUT2D eigenvalue weighted by molar-refractivity contribution is -0.134. The molecule has 1 aromatic heterocycles. The predicted octanol–water partition coefficient (Wildman–Crippen LogP) is 3.11. The number of nitrogens with one attached hydrogen (secondary N) is 1. The van der Waals surface area contributed by atoms with Crippen LogP contribution in [0.25, 0.3) is 21.7 Å². The number of furan rings is 1. The van der Waals surface area contributed by atoms with Crippen LogP contribution in [0.15, 0.2) is 41.0 Å². The minimum absolute atomic E-state index is 0.214. The molecule has 4 rings (SSSR count). The monoisotopic (exact) mass is 309 g/mol. The van der Waals surface area contributed by atoms with E-state index in [-0.39, 0.29) is 17.7 Å². The van der Waals surface area contributed by atoms with Crippen molar-refractivity contribution in [3.05, 3.63) is 42.2 Å². The van der Waals surface area contributed by atoms with Gasteiger partial charge in [-0.1, -0.05) is 6.07 Å². The molecule has 1 N–H and O–H groups in total. The van der Waals surface area contributed by atoms with E-state index >= 15 is 0 Å². The van der Waals surface area contributed by atoms with E-state index in [1.54, 1.807) is 13.4 Å². The van der Waals surface area contributed by atoms with Crippen molar-refractivity contribution in [3.63, 3.8) is 0 Å². The summed E-state index contributed by atoms with van der Waals surface area (Å²) in [6.45, 7) is 0. The fraction of sp³-hybridized carbons (Fsp3) is 0.222. The van der Waals surface area contributed by atoms with E-state index in [0.717, 1.165) is 33.1 Å². The molecule has 1 saturated heterocycles. The van der Waals surface area contributed by atoms with Gasteiger partial charge in [-0.25, -0.2) is 0 Å². The molecule has 116 valence electrons. The normalized spacial score (nSPS) is 18.4. The van der Waals surface area contributed by atoms with Crippen molar-refractivity contribution in [2.24, 2.45) is 0 Å². The maximum Gasteiger partial charge on any atom is 0.234 e. The topological polar surface area (TPSA) is 68.5 Å². The van der Waals surface area contributed by atoms with Crippen LogP contribution >= 0.6 is 0 Å². The molecule has 1 aliphatic heterocycles. The van der Waals surface area contributed by atoms with Gasteiger partial charge < -0.3 is 9.15 Å². The number of fused-ring (bicyclic) bond motifs is 3. The number of amides is 2. The summed E-state index contributed by atoms with van der Waals surface area (Å²) in [5, 5.41) is 5.37. The Labute approximate surface area is 132 Å². The maximum atomic E-state index is 12.2. The van der Waals surface area contributed by atoms with Crippen LogP contribution in [0.5, 0.6) is 5.75 Å². The Balaban J connectivity index is 1.92. The second kappa shape index (κ2) is 5.12. The highest BCUT2D eigenvalue weighted by Crippen LogP contribution is 2.37. The Morgan fingerprint density at radius 3 is 2.87 bits per heavy atom. The number of hydrogen-bond acceptors (Lipinski definition) is 4. The van der Waals surface area contributed by atoms with Crippen molar-refractivity contribution in [2.45, 2.75) is 18.8 Å². The third-order valence-corrected chi connectivity index (χ3v) is 4.40. The lowest BCUT2D eigenvalue weighted by Crippen LogP contribution is -2.39. The van der Waals surface area contributed by atoms with Crippen molar-refractivity contribution in [1.82, 2.24) is 5.32 Å². The predicted molar refractivity (Wildman–Crippen MR) is 85.4 cm³/mol. The number of carbonyl (C=O) groups excluding carboxylic acids is 2. The van der Waals surface area contributed by atoms with Crippen LogP contribution in [-0.2, 0) is 9.59 Å². The highest BCUT2D eigenvalue weighted by molar-refractivity contribution is 6.10. The molecule has 1 fully saturated rings. The van der Waals surface area contributed by atoms with Gasteiger partial charge in [0.1, 0.15) is 11.3 Å². The quantitative estimate of drug-likeness (QED) is 0.739. The molecule has 0 bridgehead atoms. The van der Waals surface area contributed by atoms with E-state index in [4.69, 9.17) is 9.15 Å². The second-order valence-electron chi connectivity index (χ2n) is 5.72. The molecule has 0 spiro atoms. The fourth-order valence-electron chi connectivity index (χ4n) is 3.24. The van der Waals surface area contributed by atoms with Crippen LogP contribution < -0.4 is 10.1 Å². The Morgan fingerprint density at radius 2 is 2.09 bits per heavy atom. The minimum atomic E-state index is -0.360. The standard InChI is InChI=1S/C18H15NO4/c1-22-11-3-4-12-10(8-11)2-6-15-17(12)14(9-23-15)13-5-7-16(20)19-18(13)21/h2-4,6,8-9,13H,5,7H2,1H3,(H,19,20,21)/t13-/m0/s1. The molecule has 23 heavy (non-hydrogen) atoms. The van der Waals surface area contributed by atoms with Gasteiger partial charge in [0, 0.05) is 17.4 Å². The van der Waals surface area contributed by atoms with Crippen LogP contribution in [0.2, 0.25) is 0 Å². The number of piperidine rings is 1. The third-order valence-electron chi connectivity index (χ3n) is 4.40. The molecule has 2 aromatic carbocycles. The van der Waals surface area contributed by atoms with Gasteiger partial charge in [-0.05, 0) is 41.5 Å². The van der Waals surface area contributed by atoms with E-state index in [1.807, 2.05) is 30.3 Å². The Kier molecular flexibility index (Phi) is 3.08. The van der Waals surface area contributed by atoms with Crippen LogP contribution in [0.3, 0.4) is 0 Å². The third kappa shape index (κ3) is 2.16. The number of methoxy groups -OCH3 is 1. The van der Waals surface area contributed by atoms with Crippen LogP contribution in [0.4, 0.5) is 0 Å². The first kappa shape index (κ1) is 13.8. The highest BCUT2D eigenvalue weighted by atomic mass is 16.5. The first-order valence-electron chi connectivity index (χ1n) is 7.49. The lowest BCUT2D eigenvalue weighted by Gasteiger charge is -2.20. The van der Waals surface area contributed by atoms with E-state index in [2.05, 4.69) is 5.32 Å². The molecule has 2 amide bonds. The first-order chi connectivity index (χ1) is 11.2. The van der Waals surface area contributed by atoms with Gasteiger partial charge in [0.15, 0.2) is 0 Å². The summed E-state index contributed by atoms with van der Waals surface area (Å²) in [6, 6.07) is 9.69. The van der Waals surface area contributed by atoms with Gasteiger partial charge >= 0.3 is 0 Å². The number of benzene rings is 2. The molecule has 3 aromatic rings. The summed E-state index contributed by atoms with van der Waals surface area (Å²) in [6.07, 6.45) is 2.49. The van der Waals surface area contributed by atoms with Crippen molar-refractivity contribution in [2.75, 3.05) is 7.11 Å². The SMILES string of the molecule is COc1ccc2c(ccc3occ([C@@H]4CCC(=O)NC4=O)c32)c1. The smallest absolute Gasteiger partial charge is 0.234 e. The Hall–Kier alpha value is -2.82. The summed E-state index contributed by atoms with van der Waals surface area (Å²) < 4.78 is 10.9. The Bertz CT molecular complexity index is 941. The molecule has 0 aliphatic carbocycles. The summed E-state index contributed by atoms with van der Waals surface area (Å²) in [4.78, 5) is 23.6. The molecule has 1 atom stereocenters. The number of carbonyl (C=O) groups is 2. The second-order valence-corrected chi connectivity index (χ2v) is 5.72. The van der Waals surface area contributed by atoms with E-state index in [1.165, 1.54) is 0 Å². The molecule has 0 saturated carbocycles. The summed E-state index contributed by atoms with van der Waals surface area (Å²) in [5.74, 6) is -0.0485. The van der Waals surface area contributed by atoms with Crippen molar-refractivity contribution in [1.29, 1.82) is 0 Å². The maximum absolute atomic E-state index is 12.2. The van der Waals surface area contributed by atoms with Crippen LogP contribution in [-0.4, -0.2) is 18.9 Å². The van der Waals surface area contributed by atoms with Crippen LogP contribution in [0.1, 0.15) is 24.3 Å². The lowest BCUT2D eigenvalue weighted by atomic mass is 9.89. The molecular weight excluding hydrogens is 294 g/mol. The zero-order valence-corrected chi connectivity index (χ0v) is 12.6. The minimum Gasteiger partial charge on any atom is -0.497 e.